The number of aromatic nitrogens is 1. The molecule has 2 aromatic rings. The van der Waals surface area contributed by atoms with Gasteiger partial charge in [0.05, 0.1) is 18.4 Å². The van der Waals surface area contributed by atoms with Crippen molar-refractivity contribution >= 4 is 5.69 Å². The highest BCUT2D eigenvalue weighted by molar-refractivity contribution is 5.60. The van der Waals surface area contributed by atoms with Crippen molar-refractivity contribution < 1.29 is 26.7 Å². The summed E-state index contributed by atoms with van der Waals surface area (Å²) in [5, 5.41) is 6.43. The molecule has 1 heterocycles. The van der Waals surface area contributed by atoms with Crippen LogP contribution in [0.25, 0.3) is 0 Å². The van der Waals surface area contributed by atoms with Gasteiger partial charge in [-0.15, -0.1) is 0 Å². The first-order chi connectivity index (χ1) is 15.4. The van der Waals surface area contributed by atoms with Crippen LogP contribution in [0.2, 0.25) is 0 Å². The Morgan fingerprint density at radius 1 is 0.970 bits per heavy atom. The number of benzene rings is 1. The fourth-order valence-corrected chi connectivity index (χ4v) is 2.94. The van der Waals surface area contributed by atoms with Gasteiger partial charge in [-0.3, -0.25) is 4.98 Å². The molecule has 0 aliphatic heterocycles. The summed E-state index contributed by atoms with van der Waals surface area (Å²) >= 11 is 0. The van der Waals surface area contributed by atoms with Crippen molar-refractivity contribution in [3.05, 3.63) is 52.8 Å². The number of aryl methyl sites for hydroxylation is 2. The number of alkyl halides is 5. The Kier molecular flexibility index (Phi) is 11.0. The molecule has 2 N–H and O–H groups in total. The lowest BCUT2D eigenvalue weighted by molar-refractivity contribution is -0.306. The first-order valence-electron chi connectivity index (χ1n) is 11.0. The van der Waals surface area contributed by atoms with E-state index in [-0.39, 0.29) is 5.75 Å². The van der Waals surface area contributed by atoms with Gasteiger partial charge in [0.25, 0.3) is 0 Å². The average Bonchev–Trinajstić information content (AvgIpc) is 2.76. The molecule has 0 aliphatic rings. The molecule has 0 spiro atoms. The second-order valence-electron chi connectivity index (χ2n) is 7.57. The third-order valence-corrected chi connectivity index (χ3v) is 5.15. The molecule has 0 amide bonds. The number of nitrogens with one attached hydrogen (secondary N) is 2. The van der Waals surface area contributed by atoms with Gasteiger partial charge in [-0.05, 0) is 69.1 Å². The molecular formula is C24H34F5N3O. The van der Waals surface area contributed by atoms with Crippen molar-refractivity contribution in [2.75, 3.05) is 18.4 Å². The van der Waals surface area contributed by atoms with Crippen LogP contribution in [0.15, 0.2) is 30.5 Å². The third kappa shape index (κ3) is 8.14. The van der Waals surface area contributed by atoms with Crippen LogP contribution in [0.1, 0.15) is 50.1 Å². The normalized spacial score (nSPS) is 12.6. The number of hydrogen-bond acceptors (Lipinski definition) is 4. The molecule has 0 radical (unpaired) electrons. The van der Waals surface area contributed by atoms with Gasteiger partial charge in [0, 0.05) is 5.69 Å². The van der Waals surface area contributed by atoms with Gasteiger partial charge in [-0.1, -0.05) is 32.9 Å². The number of ether oxygens (including phenoxy) is 1. The standard InChI is InChI=1S/C20H23F5N2O.C4H11N/c1-5-15-7-6-12(2)13(3)18(15)27-10-16-8-9-17(11-26-16)28-14(4)19(21,22)20(23,24)25;1-3-5-4-2/h6-9,11,14,27H,5,10H2,1-4H3;5H,3-4H2,1-2H3. The lowest BCUT2D eigenvalue weighted by Crippen LogP contribution is -2.48. The molecule has 4 nitrogen and oxygen atoms in total. The second kappa shape index (κ2) is 12.7. The third-order valence-electron chi connectivity index (χ3n) is 5.15. The van der Waals surface area contributed by atoms with Crippen molar-refractivity contribution in [3.63, 3.8) is 0 Å². The molecule has 0 fully saturated rings. The molecule has 0 aliphatic carbocycles. The monoisotopic (exact) mass is 475 g/mol. The Balaban J connectivity index is 0.000000981. The van der Waals surface area contributed by atoms with Crippen molar-refractivity contribution in [1.82, 2.24) is 10.3 Å². The summed E-state index contributed by atoms with van der Waals surface area (Å²) in [4.78, 5) is 4.08. The van der Waals surface area contributed by atoms with Gasteiger partial charge < -0.3 is 15.4 Å². The minimum absolute atomic E-state index is 0.152. The topological polar surface area (TPSA) is 46.2 Å². The van der Waals surface area contributed by atoms with Crippen LogP contribution in [0.3, 0.4) is 0 Å². The average molecular weight is 476 g/mol. The molecule has 1 atom stereocenters. The second-order valence-corrected chi connectivity index (χ2v) is 7.57. The quantitative estimate of drug-likeness (QED) is 0.409. The maximum atomic E-state index is 13.3. The summed E-state index contributed by atoms with van der Waals surface area (Å²) in [6.45, 7) is 13.5. The molecule has 0 saturated heterocycles. The lowest BCUT2D eigenvalue weighted by atomic mass is 10.0. The highest BCUT2D eigenvalue weighted by Gasteiger charge is 2.62. The predicted molar refractivity (Wildman–Crippen MR) is 122 cm³/mol. The summed E-state index contributed by atoms with van der Waals surface area (Å²) in [5.41, 5.74) is 5.05. The number of anilines is 1. The maximum Gasteiger partial charge on any atom is 0.457 e. The van der Waals surface area contributed by atoms with E-state index in [1.54, 1.807) is 0 Å². The number of nitrogens with zero attached hydrogens (tertiary/aromatic N) is 1. The molecule has 0 saturated carbocycles. The zero-order chi connectivity index (χ0) is 25.2. The minimum atomic E-state index is -5.67. The van der Waals surface area contributed by atoms with Crippen molar-refractivity contribution in [2.24, 2.45) is 0 Å². The van der Waals surface area contributed by atoms with Gasteiger partial charge in [0.2, 0.25) is 0 Å². The maximum absolute atomic E-state index is 13.3. The number of hydrogen-bond donors (Lipinski definition) is 2. The molecule has 0 bridgehead atoms. The fraction of sp³-hybridized carbons (Fsp3) is 0.542. The molecule has 9 heteroatoms. The first kappa shape index (κ1) is 28.6. The van der Waals surface area contributed by atoms with Crippen LogP contribution in [-0.2, 0) is 13.0 Å². The minimum Gasteiger partial charge on any atom is -0.482 e. The summed E-state index contributed by atoms with van der Waals surface area (Å²) < 4.78 is 68.4. The van der Waals surface area contributed by atoms with E-state index in [0.717, 1.165) is 48.1 Å². The summed E-state index contributed by atoms with van der Waals surface area (Å²) in [6, 6.07) is 6.97. The molecule has 33 heavy (non-hydrogen) atoms. The van der Waals surface area contributed by atoms with E-state index in [1.165, 1.54) is 12.1 Å². The van der Waals surface area contributed by atoms with E-state index in [9.17, 15) is 22.0 Å². The number of rotatable bonds is 9. The van der Waals surface area contributed by atoms with E-state index < -0.39 is 18.2 Å². The molecular weight excluding hydrogens is 441 g/mol. The van der Waals surface area contributed by atoms with Crippen molar-refractivity contribution in [3.8, 4) is 5.75 Å². The smallest absolute Gasteiger partial charge is 0.457 e. The van der Waals surface area contributed by atoms with Crippen molar-refractivity contribution in [2.45, 2.75) is 72.7 Å². The Morgan fingerprint density at radius 3 is 2.06 bits per heavy atom. The van der Waals surface area contributed by atoms with Crippen LogP contribution in [0.4, 0.5) is 27.6 Å². The van der Waals surface area contributed by atoms with E-state index >= 15 is 0 Å². The highest BCUT2D eigenvalue weighted by Crippen LogP contribution is 2.39. The van der Waals surface area contributed by atoms with Gasteiger partial charge in [0.15, 0.2) is 6.10 Å². The van der Waals surface area contributed by atoms with Crippen LogP contribution < -0.4 is 15.4 Å². The Morgan fingerprint density at radius 2 is 1.61 bits per heavy atom. The zero-order valence-electron chi connectivity index (χ0n) is 20.0. The van der Waals surface area contributed by atoms with Crippen molar-refractivity contribution in [1.29, 1.82) is 0 Å². The van der Waals surface area contributed by atoms with Crippen LogP contribution in [-0.4, -0.2) is 36.3 Å². The van der Waals surface area contributed by atoms with E-state index in [4.69, 9.17) is 4.74 Å². The Labute approximate surface area is 192 Å². The summed E-state index contributed by atoms with van der Waals surface area (Å²) in [5.74, 6) is -5.10. The van der Waals surface area contributed by atoms with Crippen LogP contribution in [0.5, 0.6) is 5.75 Å². The molecule has 1 unspecified atom stereocenters. The Hall–Kier alpha value is -2.42. The highest BCUT2D eigenvalue weighted by atomic mass is 19.4. The molecule has 186 valence electrons. The number of halogens is 5. The first-order valence-corrected chi connectivity index (χ1v) is 11.0. The zero-order valence-corrected chi connectivity index (χ0v) is 20.0. The largest absolute Gasteiger partial charge is 0.482 e. The van der Waals surface area contributed by atoms with Crippen LogP contribution >= 0.6 is 0 Å². The molecule has 2 rings (SSSR count). The predicted octanol–water partition coefficient (Wildman–Crippen LogP) is 6.45. The summed E-state index contributed by atoms with van der Waals surface area (Å²) in [6.07, 6.45) is -6.04. The lowest BCUT2D eigenvalue weighted by Gasteiger charge is -2.26. The van der Waals surface area contributed by atoms with E-state index in [2.05, 4.69) is 48.5 Å². The van der Waals surface area contributed by atoms with Gasteiger partial charge in [-0.2, -0.15) is 22.0 Å². The summed E-state index contributed by atoms with van der Waals surface area (Å²) in [7, 11) is 0. The van der Waals surface area contributed by atoms with E-state index in [1.807, 2.05) is 13.8 Å². The molecule has 1 aromatic heterocycles. The van der Waals surface area contributed by atoms with Gasteiger partial charge in [-0.25, -0.2) is 0 Å². The SMILES string of the molecule is CCNCC.CCc1ccc(C)c(C)c1NCc1ccc(OC(C)C(F)(F)C(F)(F)F)cn1. The number of pyridine rings is 1. The van der Waals surface area contributed by atoms with Gasteiger partial charge >= 0.3 is 12.1 Å². The van der Waals surface area contributed by atoms with Crippen LogP contribution in [0, 0.1) is 13.8 Å². The van der Waals surface area contributed by atoms with E-state index in [0.29, 0.717) is 19.2 Å². The van der Waals surface area contributed by atoms with Gasteiger partial charge in [0.1, 0.15) is 5.75 Å². The fourth-order valence-electron chi connectivity index (χ4n) is 2.94. The Bertz CT molecular complexity index is 852. The molecule has 1 aromatic carbocycles.